The van der Waals surface area contributed by atoms with Gasteiger partial charge in [0.05, 0.1) is 44.4 Å². The third kappa shape index (κ3) is 8.71. The number of carboxylic acids is 1. The van der Waals surface area contributed by atoms with Crippen LogP contribution in [-0.4, -0.2) is 104 Å². The number of fused-ring (bicyclic) bond motifs is 2. The van der Waals surface area contributed by atoms with Gasteiger partial charge in [0.2, 0.25) is 6.61 Å². The highest BCUT2D eigenvalue weighted by Crippen LogP contribution is 2.24. The Balaban J connectivity index is 1.29. The highest BCUT2D eigenvalue weighted by Gasteiger charge is 2.20. The van der Waals surface area contributed by atoms with Gasteiger partial charge in [-0.1, -0.05) is 0 Å². The van der Waals surface area contributed by atoms with Crippen LogP contribution in [0, 0.1) is 0 Å². The molecule has 13 heteroatoms. The number of aromatic amines is 1. The smallest absolute Gasteiger partial charge is 0.481 e. The van der Waals surface area contributed by atoms with E-state index in [1.54, 1.807) is 0 Å². The lowest BCUT2D eigenvalue weighted by molar-refractivity contribution is -0.652. The maximum atomic E-state index is 10.9. The number of nitrogens with zero attached hydrogens (tertiary/aromatic N) is 5. The van der Waals surface area contributed by atoms with Gasteiger partial charge in [0.1, 0.15) is 12.2 Å². The Labute approximate surface area is 262 Å². The van der Waals surface area contributed by atoms with Crippen LogP contribution in [-0.2, 0) is 36.5 Å². The molecule has 0 aliphatic rings. The molecule has 244 valence electrons. The van der Waals surface area contributed by atoms with Crippen molar-refractivity contribution in [3.63, 3.8) is 0 Å². The molecule has 6 N–H and O–H groups in total. The van der Waals surface area contributed by atoms with E-state index >= 15 is 0 Å². The Morgan fingerprint density at radius 3 is 2.29 bits per heavy atom. The highest BCUT2D eigenvalue weighted by atomic mass is 16.5. The van der Waals surface area contributed by atoms with Gasteiger partial charge >= 0.3 is 11.9 Å². The van der Waals surface area contributed by atoms with Gasteiger partial charge in [0.25, 0.3) is 5.82 Å². The number of carbonyl (C=O) groups is 1. The van der Waals surface area contributed by atoms with E-state index in [4.69, 9.17) is 14.8 Å². The monoisotopic (exact) mass is 626 g/mol. The molecule has 0 aliphatic heterocycles. The molecule has 0 unspecified atom stereocenters. The number of imidazole rings is 2. The first kappa shape index (κ1) is 33.7. The van der Waals surface area contributed by atoms with Crippen LogP contribution >= 0.6 is 0 Å². The molecule has 0 saturated heterocycles. The molecule has 4 aromatic rings. The van der Waals surface area contributed by atoms with E-state index in [0.29, 0.717) is 58.3 Å². The van der Waals surface area contributed by atoms with E-state index in [2.05, 4.69) is 9.55 Å². The molecule has 2 aromatic heterocycles. The van der Waals surface area contributed by atoms with Crippen molar-refractivity contribution in [2.75, 3.05) is 62.4 Å². The largest absolute Gasteiger partial charge is 0.482 e. The van der Waals surface area contributed by atoms with Crippen molar-refractivity contribution >= 4 is 45.4 Å². The fraction of sp³-hybridized carbons (Fsp3) is 0.500. The van der Waals surface area contributed by atoms with Crippen molar-refractivity contribution < 1.29 is 39.3 Å². The SMILES string of the molecule is Cn1c(CCCC(=O)O)nc2cc(N(CCO)CCOC(=[OH+])CCCc3[nH]c4cc(N(CCO)CCO)ccc4[n+]3C)ccc21. The molecule has 0 bridgehead atoms. The first-order valence-corrected chi connectivity index (χ1v) is 15.4. The van der Waals surface area contributed by atoms with Crippen LogP contribution in [0.3, 0.4) is 0 Å². The summed E-state index contributed by atoms with van der Waals surface area (Å²) >= 11 is 0. The zero-order valence-corrected chi connectivity index (χ0v) is 26.2. The lowest BCUT2D eigenvalue weighted by Crippen LogP contribution is -2.32. The predicted molar refractivity (Wildman–Crippen MR) is 172 cm³/mol. The summed E-state index contributed by atoms with van der Waals surface area (Å²) in [5.74, 6) is 0.986. The zero-order valence-electron chi connectivity index (χ0n) is 26.2. The van der Waals surface area contributed by atoms with E-state index in [9.17, 15) is 24.9 Å². The van der Waals surface area contributed by atoms with Crippen molar-refractivity contribution in [1.82, 2.24) is 14.5 Å². The second kappa shape index (κ2) is 16.2. The fourth-order valence-electron chi connectivity index (χ4n) is 5.64. The van der Waals surface area contributed by atoms with Gasteiger partial charge in [-0.2, -0.15) is 0 Å². The first-order valence-electron chi connectivity index (χ1n) is 15.4. The van der Waals surface area contributed by atoms with E-state index in [1.165, 1.54) is 0 Å². The molecule has 0 fully saturated rings. The number of esters is 1. The van der Waals surface area contributed by atoms with Crippen LogP contribution in [0.25, 0.3) is 22.1 Å². The number of rotatable bonds is 19. The fourth-order valence-corrected chi connectivity index (χ4v) is 5.64. The summed E-state index contributed by atoms with van der Waals surface area (Å²) in [6.45, 7) is 1.94. The topological polar surface area (TPSA) is 173 Å². The summed E-state index contributed by atoms with van der Waals surface area (Å²) < 4.78 is 9.71. The quantitative estimate of drug-likeness (QED) is 0.0586. The molecule has 0 amide bonds. The van der Waals surface area contributed by atoms with Gasteiger partial charge < -0.3 is 44.3 Å². The van der Waals surface area contributed by atoms with Crippen molar-refractivity contribution in [2.45, 2.75) is 38.5 Å². The third-order valence-corrected chi connectivity index (χ3v) is 8.05. The van der Waals surface area contributed by atoms with Crippen molar-refractivity contribution in [1.29, 1.82) is 0 Å². The summed E-state index contributed by atoms with van der Waals surface area (Å²) in [4.78, 5) is 33.4. The lowest BCUT2D eigenvalue weighted by atomic mass is 10.2. The summed E-state index contributed by atoms with van der Waals surface area (Å²) in [6.07, 6.45) is 2.95. The summed E-state index contributed by atoms with van der Waals surface area (Å²) in [5, 5.41) is 37.3. The number of hydrogen-bond acceptors (Lipinski definition) is 8. The van der Waals surface area contributed by atoms with E-state index in [1.807, 2.05) is 64.9 Å². The Kier molecular flexibility index (Phi) is 12.1. The molecule has 2 aromatic carbocycles. The third-order valence-electron chi connectivity index (χ3n) is 8.05. The van der Waals surface area contributed by atoms with Crippen LogP contribution in [0.15, 0.2) is 36.4 Å². The Morgan fingerprint density at radius 1 is 0.956 bits per heavy atom. The maximum absolute atomic E-state index is 10.9. The molecule has 45 heavy (non-hydrogen) atoms. The van der Waals surface area contributed by atoms with Gasteiger partial charge in [0, 0.05) is 63.4 Å². The number of benzene rings is 2. The Bertz CT molecular complexity index is 1580. The number of H-pyrrole nitrogens is 1. The first-order chi connectivity index (χ1) is 21.7. The van der Waals surface area contributed by atoms with Crippen LogP contribution in [0.5, 0.6) is 0 Å². The van der Waals surface area contributed by atoms with Crippen LogP contribution < -0.4 is 14.4 Å². The highest BCUT2D eigenvalue weighted by molar-refractivity contribution is 5.80. The minimum Gasteiger partial charge on any atom is -0.481 e. The van der Waals surface area contributed by atoms with Crippen LogP contribution in [0.2, 0.25) is 0 Å². The minimum atomic E-state index is -0.818. The Hall–Kier alpha value is -4.20. The van der Waals surface area contributed by atoms with Crippen molar-refractivity contribution in [2.24, 2.45) is 14.1 Å². The molecule has 13 nitrogen and oxygen atoms in total. The number of ether oxygens (including phenoxy) is 1. The molecule has 0 spiro atoms. The summed E-state index contributed by atoms with van der Waals surface area (Å²) in [7, 11) is 3.91. The number of hydrogen-bond donors (Lipinski definition) is 5. The number of anilines is 2. The minimum absolute atomic E-state index is 0.00379. The number of aromatic nitrogens is 4. The molecular weight excluding hydrogens is 580 g/mol. The standard InChI is InChI=1S/C32H44N6O7/c1-35-28-12-10-24(22-26(28)33-29(35)5-3-7-31(42)43)38(15-19-41)16-20-45-32(44)8-4-6-30-34-25-21-23(9-11-27(25)36(30)2)37(13-17-39)14-18-40/h9-12,21-22,39-41H,3-8,13-20H2,1-2H3,(H,42,43)/p+2. The van der Waals surface area contributed by atoms with E-state index in [-0.39, 0.29) is 38.8 Å². The van der Waals surface area contributed by atoms with Crippen LogP contribution in [0.1, 0.15) is 37.3 Å². The van der Waals surface area contributed by atoms with Crippen molar-refractivity contribution in [3.8, 4) is 0 Å². The van der Waals surface area contributed by atoms with E-state index < -0.39 is 5.97 Å². The van der Waals surface area contributed by atoms with Gasteiger partial charge in [-0.3, -0.25) is 4.79 Å². The van der Waals surface area contributed by atoms with Gasteiger partial charge in [-0.05, 0) is 43.2 Å². The number of aliphatic hydroxyl groups is 3. The second-order valence-corrected chi connectivity index (χ2v) is 11.1. The number of aliphatic hydroxyl groups excluding tert-OH is 3. The van der Waals surface area contributed by atoms with Crippen LogP contribution in [0.4, 0.5) is 11.4 Å². The normalized spacial score (nSPS) is 11.4. The molecule has 0 saturated carbocycles. The number of aliphatic carboxylic acids is 1. The van der Waals surface area contributed by atoms with Gasteiger partial charge in [0.15, 0.2) is 11.0 Å². The average Bonchev–Trinajstić information content (AvgIpc) is 3.50. The number of carboxylic acid groups (broad SMARTS) is 1. The molecular formula is C32H46N6O7+2. The number of aryl methyl sites for hydroxylation is 4. The molecule has 0 aliphatic carbocycles. The second-order valence-electron chi connectivity index (χ2n) is 11.1. The summed E-state index contributed by atoms with van der Waals surface area (Å²) in [5.41, 5.74) is 5.54. The Morgan fingerprint density at radius 2 is 1.60 bits per heavy atom. The average molecular weight is 627 g/mol. The molecule has 0 atom stereocenters. The lowest BCUT2D eigenvalue weighted by Gasteiger charge is -2.22. The molecule has 4 rings (SSSR count). The molecule has 0 radical (unpaired) electrons. The van der Waals surface area contributed by atoms with Gasteiger partial charge in [-0.25, -0.2) is 14.5 Å². The zero-order chi connectivity index (χ0) is 32.3. The number of carbonyl (C=O) groups excluding carboxylic acids is 1. The van der Waals surface area contributed by atoms with Gasteiger partial charge in [-0.15, -0.1) is 0 Å². The summed E-state index contributed by atoms with van der Waals surface area (Å²) in [6, 6.07) is 11.9. The molecule has 2 heterocycles. The van der Waals surface area contributed by atoms with E-state index in [0.717, 1.165) is 45.1 Å². The predicted octanol–water partition coefficient (Wildman–Crippen LogP) is 1.42. The maximum Gasteiger partial charge on any atom is 0.482 e. The van der Waals surface area contributed by atoms with Crippen molar-refractivity contribution in [3.05, 3.63) is 48.0 Å². The number of nitrogens with one attached hydrogen (secondary N) is 1.